The van der Waals surface area contributed by atoms with Crippen molar-refractivity contribution < 1.29 is 9.94 Å². The lowest BCUT2D eigenvalue weighted by atomic mass is 9.84. The van der Waals surface area contributed by atoms with Gasteiger partial charge in [0.1, 0.15) is 11.9 Å². The summed E-state index contributed by atoms with van der Waals surface area (Å²) in [7, 11) is 0. The molecule has 1 aliphatic heterocycles. The molecule has 23 heavy (non-hydrogen) atoms. The normalized spacial score (nSPS) is 25.5. The fourth-order valence-corrected chi connectivity index (χ4v) is 2.61. The van der Waals surface area contributed by atoms with Crippen molar-refractivity contribution in [1.29, 1.82) is 0 Å². The molecule has 5 nitrogen and oxygen atoms in total. The van der Waals surface area contributed by atoms with Crippen LogP contribution in [0.3, 0.4) is 0 Å². The predicted octanol–water partition coefficient (Wildman–Crippen LogP) is 4.13. The fraction of sp³-hybridized carbons (Fsp3) is 0.667. The monoisotopic (exact) mass is 320 g/mol. The Morgan fingerprint density at radius 2 is 1.74 bits per heavy atom. The van der Waals surface area contributed by atoms with Gasteiger partial charge >= 0.3 is 0 Å². The van der Waals surface area contributed by atoms with Crippen molar-refractivity contribution in [3.8, 4) is 5.75 Å². The van der Waals surface area contributed by atoms with Gasteiger partial charge in [-0.1, -0.05) is 32.4 Å². The Morgan fingerprint density at radius 1 is 1.17 bits per heavy atom. The van der Waals surface area contributed by atoms with Gasteiger partial charge in [-0.05, 0) is 51.3 Å². The molecule has 1 aliphatic rings. The van der Waals surface area contributed by atoms with Crippen molar-refractivity contribution in [2.24, 2.45) is 5.92 Å². The molecule has 1 fully saturated rings. The van der Waals surface area contributed by atoms with Crippen LogP contribution in [0.4, 0.5) is 0 Å². The van der Waals surface area contributed by atoms with Crippen LogP contribution in [0, 0.1) is 11.1 Å². The highest BCUT2D eigenvalue weighted by molar-refractivity contribution is 5.31. The van der Waals surface area contributed by atoms with Gasteiger partial charge in [0.25, 0.3) is 0 Å². The average Bonchev–Trinajstić information content (AvgIpc) is 2.63. The van der Waals surface area contributed by atoms with E-state index >= 15 is 0 Å². The second-order valence-corrected chi connectivity index (χ2v) is 7.54. The van der Waals surface area contributed by atoms with Gasteiger partial charge in [0, 0.05) is 5.54 Å². The first-order valence-corrected chi connectivity index (χ1v) is 8.28. The van der Waals surface area contributed by atoms with E-state index in [1.165, 1.54) is 0 Å². The van der Waals surface area contributed by atoms with Crippen LogP contribution in [-0.4, -0.2) is 27.8 Å². The molecule has 1 aromatic carbocycles. The van der Waals surface area contributed by atoms with E-state index in [1.807, 2.05) is 52.0 Å². The molecule has 1 aromatic rings. The molecule has 1 saturated heterocycles. The summed E-state index contributed by atoms with van der Waals surface area (Å²) in [4.78, 5) is 0. The van der Waals surface area contributed by atoms with E-state index < -0.39 is 17.2 Å². The van der Waals surface area contributed by atoms with Gasteiger partial charge in [0.05, 0.1) is 12.1 Å². The first kappa shape index (κ1) is 18.2. The molecule has 1 atom stereocenters. The summed E-state index contributed by atoms with van der Waals surface area (Å²) in [5.41, 5.74) is -0.819. The number of ether oxygens (including phenoxy) is 1. The summed E-state index contributed by atoms with van der Waals surface area (Å²) in [6.45, 7) is 12.2. The minimum Gasteiger partial charge on any atom is -0.783 e. The number of hydroxylamine groups is 4. The first-order valence-electron chi connectivity index (χ1n) is 8.28. The van der Waals surface area contributed by atoms with Crippen LogP contribution in [0.1, 0.15) is 59.7 Å². The zero-order chi connectivity index (χ0) is 17.4. The van der Waals surface area contributed by atoms with Crippen LogP contribution >= 0.6 is 0 Å². The predicted molar refractivity (Wildman–Crippen MR) is 90.0 cm³/mol. The van der Waals surface area contributed by atoms with Crippen molar-refractivity contribution in [1.82, 2.24) is 10.1 Å². The van der Waals surface area contributed by atoms with Crippen molar-refractivity contribution >= 4 is 0 Å². The maximum Gasteiger partial charge on any atom is 0.119 e. The molecule has 2 rings (SSSR count). The Morgan fingerprint density at radius 3 is 2.17 bits per heavy atom. The highest BCUT2D eigenvalue weighted by Crippen LogP contribution is 2.48. The van der Waals surface area contributed by atoms with Crippen molar-refractivity contribution in [2.45, 2.75) is 65.2 Å². The molecule has 0 spiro atoms. The van der Waals surface area contributed by atoms with Gasteiger partial charge in [-0.2, -0.15) is 0 Å². The number of hydrogen-bond donors (Lipinski definition) is 0. The number of benzene rings is 1. The number of nitrogens with zero attached hydrogens (tertiary/aromatic N) is 2. The largest absolute Gasteiger partial charge is 0.783 e. The molecule has 0 aromatic heterocycles. The fourth-order valence-electron chi connectivity index (χ4n) is 2.61. The summed E-state index contributed by atoms with van der Waals surface area (Å²) in [5, 5.41) is 27.1. The van der Waals surface area contributed by atoms with Crippen LogP contribution in [0.15, 0.2) is 24.3 Å². The highest BCUT2D eigenvalue weighted by Gasteiger charge is 2.55. The molecule has 129 valence electrons. The summed E-state index contributed by atoms with van der Waals surface area (Å²) in [6, 6.07) is 7.28. The van der Waals surface area contributed by atoms with Crippen molar-refractivity contribution in [3.63, 3.8) is 0 Å². The van der Waals surface area contributed by atoms with Crippen molar-refractivity contribution in [3.05, 3.63) is 35.0 Å². The molecule has 0 bridgehead atoms. The van der Waals surface area contributed by atoms with E-state index in [0.717, 1.165) is 22.3 Å². The van der Waals surface area contributed by atoms with Crippen LogP contribution < -0.4 is 4.74 Å². The van der Waals surface area contributed by atoms with Crippen molar-refractivity contribution in [2.75, 3.05) is 6.61 Å². The minimum absolute atomic E-state index is 0.500. The zero-order valence-corrected chi connectivity index (χ0v) is 15.0. The number of rotatable bonds is 5. The van der Waals surface area contributed by atoms with Gasteiger partial charge in [-0.25, -0.2) is 0 Å². The molecule has 1 radical (unpaired) electrons. The highest BCUT2D eigenvalue weighted by atomic mass is 16.6. The van der Waals surface area contributed by atoms with E-state index in [-0.39, 0.29) is 0 Å². The molecular formula is C18H28N2O3-. The molecule has 1 heterocycles. The summed E-state index contributed by atoms with van der Waals surface area (Å²) in [5.74, 6) is 1.26. The van der Waals surface area contributed by atoms with Crippen LogP contribution in [0.5, 0.6) is 5.75 Å². The lowest BCUT2D eigenvalue weighted by molar-refractivity contribution is -0.232. The molecule has 0 N–H and O–H groups in total. The zero-order valence-electron chi connectivity index (χ0n) is 15.0. The average molecular weight is 320 g/mol. The second-order valence-electron chi connectivity index (χ2n) is 7.54. The Kier molecular flexibility index (Phi) is 5.06. The number of hydrogen-bond acceptors (Lipinski definition) is 4. The van der Waals surface area contributed by atoms with Gasteiger partial charge in [-0.3, -0.25) is 0 Å². The smallest absolute Gasteiger partial charge is 0.119 e. The molecule has 0 amide bonds. The molecule has 0 aliphatic carbocycles. The van der Waals surface area contributed by atoms with E-state index in [0.29, 0.717) is 18.1 Å². The third-order valence-electron chi connectivity index (χ3n) is 5.45. The first-order chi connectivity index (χ1) is 10.6. The molecule has 5 heteroatoms. The maximum absolute atomic E-state index is 12.6. The quantitative estimate of drug-likeness (QED) is 0.818. The van der Waals surface area contributed by atoms with E-state index in [1.54, 1.807) is 0 Å². The third-order valence-corrected chi connectivity index (χ3v) is 5.45. The minimum atomic E-state index is -0.816. The second kappa shape index (κ2) is 6.40. The molecule has 0 unspecified atom stereocenters. The van der Waals surface area contributed by atoms with Gasteiger partial charge in [0.2, 0.25) is 0 Å². The third kappa shape index (κ3) is 3.11. The van der Waals surface area contributed by atoms with E-state index in [9.17, 15) is 10.4 Å². The Balaban J connectivity index is 2.16. The SMILES string of the molecule is CC[C@H](C)COc1ccc(C2N([O])C(C)(C)C(C)(C)N2[O-])cc1. The standard InChI is InChI=1S/C18H28N2O3/c1-7-13(2)12-23-15-10-8-14(9-11-15)16-19(21)17(3,4)18(5,6)20(16)22/h8-11,13,16H,7,12H2,1-6H3/q-1/t13-/m0/s1. The lowest BCUT2D eigenvalue weighted by Crippen LogP contribution is -2.51. The van der Waals surface area contributed by atoms with Gasteiger partial charge in [-0.15, -0.1) is 10.3 Å². The van der Waals surface area contributed by atoms with E-state index in [2.05, 4.69) is 13.8 Å². The molecule has 0 saturated carbocycles. The van der Waals surface area contributed by atoms with Gasteiger partial charge in [0.15, 0.2) is 0 Å². The van der Waals surface area contributed by atoms with Crippen LogP contribution in [-0.2, 0) is 5.21 Å². The van der Waals surface area contributed by atoms with Gasteiger partial charge < -0.3 is 15.0 Å². The Labute approximate surface area is 139 Å². The van der Waals surface area contributed by atoms with Crippen LogP contribution in [0.2, 0.25) is 0 Å². The summed E-state index contributed by atoms with van der Waals surface area (Å²) >= 11 is 0. The topological polar surface area (TPSA) is 58.7 Å². The van der Waals surface area contributed by atoms with Crippen LogP contribution in [0.25, 0.3) is 0 Å². The summed E-state index contributed by atoms with van der Waals surface area (Å²) in [6.07, 6.45) is 0.254. The molecular weight excluding hydrogens is 292 g/mol. The lowest BCUT2D eigenvalue weighted by Gasteiger charge is -2.44. The maximum atomic E-state index is 12.6. The van der Waals surface area contributed by atoms with E-state index in [4.69, 9.17) is 4.74 Å². The Bertz CT molecular complexity index is 508. The summed E-state index contributed by atoms with van der Waals surface area (Å²) < 4.78 is 5.73. The Hall–Kier alpha value is -1.14.